The molecule has 5 heteroatoms. The molecule has 0 heterocycles. The number of benzene rings is 1. The minimum Gasteiger partial charge on any atom is -0.465 e. The Morgan fingerprint density at radius 1 is 1.24 bits per heavy atom. The average molecular weight is 356 g/mol. The maximum Gasteiger partial charge on any atom is 0.319 e. The van der Waals surface area contributed by atoms with E-state index in [1.165, 1.54) is 0 Å². The van der Waals surface area contributed by atoms with Crippen LogP contribution in [-0.4, -0.2) is 36.9 Å². The molecule has 0 unspecified atom stereocenters. The lowest BCUT2D eigenvalue weighted by atomic mass is 9.88. The predicted octanol–water partition coefficient (Wildman–Crippen LogP) is 3.04. The molecular weight excluding hydrogens is 334 g/mol. The van der Waals surface area contributed by atoms with Gasteiger partial charge in [0.1, 0.15) is 5.41 Å². The van der Waals surface area contributed by atoms with E-state index in [9.17, 15) is 9.59 Å². The highest BCUT2D eigenvalue weighted by Crippen LogP contribution is 2.20. The fourth-order valence-corrected chi connectivity index (χ4v) is 2.09. The molecular formula is C16H22BrNO3. The highest BCUT2D eigenvalue weighted by molar-refractivity contribution is 9.10. The first-order valence-electron chi connectivity index (χ1n) is 6.91. The van der Waals surface area contributed by atoms with E-state index >= 15 is 0 Å². The lowest BCUT2D eigenvalue weighted by Crippen LogP contribution is -2.41. The summed E-state index contributed by atoms with van der Waals surface area (Å²) in [5.41, 5.74) is 0.00621. The second kappa shape index (κ2) is 7.71. The summed E-state index contributed by atoms with van der Waals surface area (Å²) in [7, 11) is 1.86. The van der Waals surface area contributed by atoms with Crippen molar-refractivity contribution in [1.29, 1.82) is 0 Å². The Morgan fingerprint density at radius 3 is 2.33 bits per heavy atom. The van der Waals surface area contributed by atoms with Crippen molar-refractivity contribution in [2.24, 2.45) is 5.41 Å². The van der Waals surface area contributed by atoms with Crippen LogP contribution >= 0.6 is 15.9 Å². The number of hydrogen-bond acceptors (Lipinski definition) is 4. The van der Waals surface area contributed by atoms with E-state index in [0.717, 1.165) is 10.0 Å². The third kappa shape index (κ3) is 5.25. The Morgan fingerprint density at radius 2 is 1.81 bits per heavy atom. The number of ether oxygens (including phenoxy) is 1. The Hall–Kier alpha value is -1.20. The van der Waals surface area contributed by atoms with Gasteiger partial charge < -0.3 is 4.74 Å². The van der Waals surface area contributed by atoms with E-state index in [2.05, 4.69) is 15.9 Å². The number of esters is 1. The zero-order valence-corrected chi connectivity index (χ0v) is 14.6. The maximum absolute atomic E-state index is 12.3. The highest BCUT2D eigenvalue weighted by atomic mass is 79.9. The van der Waals surface area contributed by atoms with E-state index in [1.54, 1.807) is 20.8 Å². The van der Waals surface area contributed by atoms with E-state index in [-0.39, 0.29) is 18.9 Å². The van der Waals surface area contributed by atoms with Crippen LogP contribution in [0.15, 0.2) is 28.7 Å². The molecule has 4 nitrogen and oxygen atoms in total. The summed E-state index contributed by atoms with van der Waals surface area (Å²) in [5, 5.41) is 0. The van der Waals surface area contributed by atoms with Gasteiger partial charge in [-0.15, -0.1) is 0 Å². The zero-order chi connectivity index (χ0) is 16.0. The van der Waals surface area contributed by atoms with Crippen LogP contribution in [0.5, 0.6) is 0 Å². The van der Waals surface area contributed by atoms with Gasteiger partial charge in [-0.3, -0.25) is 14.5 Å². The lowest BCUT2D eigenvalue weighted by molar-refractivity contribution is -0.158. The van der Waals surface area contributed by atoms with Crippen LogP contribution < -0.4 is 0 Å². The number of halogens is 1. The summed E-state index contributed by atoms with van der Waals surface area (Å²) < 4.78 is 5.98. The molecule has 0 aliphatic carbocycles. The minimum atomic E-state index is -1.11. The number of Topliss-reactive ketones (excluding diaryl/α,β-unsaturated/α-hetero) is 1. The predicted molar refractivity (Wildman–Crippen MR) is 85.9 cm³/mol. The van der Waals surface area contributed by atoms with Gasteiger partial charge in [0, 0.05) is 11.0 Å². The quantitative estimate of drug-likeness (QED) is 0.557. The Balaban J connectivity index is 2.61. The number of rotatable bonds is 7. The molecule has 0 bridgehead atoms. The van der Waals surface area contributed by atoms with Gasteiger partial charge in [0.25, 0.3) is 0 Å². The summed E-state index contributed by atoms with van der Waals surface area (Å²) >= 11 is 3.39. The topological polar surface area (TPSA) is 46.6 Å². The van der Waals surface area contributed by atoms with Crippen LogP contribution in [0, 0.1) is 5.41 Å². The molecule has 21 heavy (non-hydrogen) atoms. The molecule has 1 rings (SSSR count). The van der Waals surface area contributed by atoms with Crippen LogP contribution in [-0.2, 0) is 20.9 Å². The molecule has 1 aromatic rings. The van der Waals surface area contributed by atoms with Crippen LogP contribution in [0.2, 0.25) is 0 Å². The first kappa shape index (κ1) is 17.9. The molecule has 0 amide bonds. The molecule has 0 aliphatic heterocycles. The van der Waals surface area contributed by atoms with Crippen LogP contribution in [0.1, 0.15) is 26.3 Å². The smallest absolute Gasteiger partial charge is 0.319 e. The zero-order valence-electron chi connectivity index (χ0n) is 13.0. The number of carbonyl (C=O) groups is 2. The van der Waals surface area contributed by atoms with E-state index in [4.69, 9.17) is 4.74 Å². The fourth-order valence-electron chi connectivity index (χ4n) is 1.83. The molecule has 0 radical (unpaired) electrons. The van der Waals surface area contributed by atoms with Crippen molar-refractivity contribution in [2.75, 3.05) is 20.2 Å². The SMILES string of the molecule is CCOC(=O)C(C)(C)C(=O)CN(C)Cc1ccc(Br)cc1. The van der Waals surface area contributed by atoms with Gasteiger partial charge in [0.05, 0.1) is 13.2 Å². The largest absolute Gasteiger partial charge is 0.465 e. The van der Waals surface area contributed by atoms with Crippen molar-refractivity contribution in [1.82, 2.24) is 4.90 Å². The van der Waals surface area contributed by atoms with Crippen LogP contribution in [0.25, 0.3) is 0 Å². The van der Waals surface area contributed by atoms with Gasteiger partial charge >= 0.3 is 5.97 Å². The van der Waals surface area contributed by atoms with Crippen molar-refractivity contribution in [2.45, 2.75) is 27.3 Å². The molecule has 0 N–H and O–H groups in total. The lowest BCUT2D eigenvalue weighted by Gasteiger charge is -2.24. The number of likely N-dealkylation sites (N-methyl/N-ethyl adjacent to an activating group) is 1. The second-order valence-electron chi connectivity index (χ2n) is 5.57. The molecule has 1 aromatic carbocycles. The number of hydrogen-bond donors (Lipinski definition) is 0. The summed E-state index contributed by atoms with van der Waals surface area (Å²) in [4.78, 5) is 26.0. The molecule has 0 saturated carbocycles. The van der Waals surface area contributed by atoms with Gasteiger partial charge in [-0.1, -0.05) is 28.1 Å². The Labute approximate surface area is 134 Å². The average Bonchev–Trinajstić information content (AvgIpc) is 2.41. The second-order valence-corrected chi connectivity index (χ2v) is 6.48. The normalized spacial score (nSPS) is 11.5. The molecule has 0 aliphatic rings. The van der Waals surface area contributed by atoms with Crippen molar-refractivity contribution in [3.63, 3.8) is 0 Å². The van der Waals surface area contributed by atoms with E-state index in [1.807, 2.05) is 36.2 Å². The van der Waals surface area contributed by atoms with Gasteiger partial charge in [-0.2, -0.15) is 0 Å². The Kier molecular flexibility index (Phi) is 6.55. The molecule has 116 valence electrons. The van der Waals surface area contributed by atoms with Gasteiger partial charge in [0.15, 0.2) is 5.78 Å². The molecule has 0 aromatic heterocycles. The summed E-state index contributed by atoms with van der Waals surface area (Å²) in [5.74, 6) is -0.604. The van der Waals surface area contributed by atoms with Crippen LogP contribution in [0.3, 0.4) is 0 Å². The molecule has 0 spiro atoms. The third-order valence-corrected chi connectivity index (χ3v) is 3.79. The molecule has 0 fully saturated rings. The van der Waals surface area contributed by atoms with E-state index < -0.39 is 11.4 Å². The van der Waals surface area contributed by atoms with Gasteiger partial charge in [0.2, 0.25) is 0 Å². The monoisotopic (exact) mass is 355 g/mol. The van der Waals surface area contributed by atoms with Gasteiger partial charge in [-0.05, 0) is 45.5 Å². The minimum absolute atomic E-state index is 0.138. The van der Waals surface area contributed by atoms with Gasteiger partial charge in [-0.25, -0.2) is 0 Å². The first-order chi connectivity index (χ1) is 9.77. The highest BCUT2D eigenvalue weighted by Gasteiger charge is 2.37. The van der Waals surface area contributed by atoms with Crippen molar-refractivity contribution >= 4 is 27.7 Å². The van der Waals surface area contributed by atoms with E-state index in [0.29, 0.717) is 6.54 Å². The van der Waals surface area contributed by atoms with Crippen molar-refractivity contribution in [3.05, 3.63) is 34.3 Å². The summed E-state index contributed by atoms with van der Waals surface area (Å²) in [6, 6.07) is 7.93. The molecule has 0 saturated heterocycles. The Bertz CT molecular complexity index is 497. The maximum atomic E-state index is 12.3. The number of nitrogens with zero attached hydrogens (tertiary/aromatic N) is 1. The number of carbonyl (C=O) groups excluding carboxylic acids is 2. The third-order valence-electron chi connectivity index (χ3n) is 3.26. The first-order valence-corrected chi connectivity index (χ1v) is 7.70. The van der Waals surface area contributed by atoms with Crippen molar-refractivity contribution < 1.29 is 14.3 Å². The summed E-state index contributed by atoms with van der Waals surface area (Å²) in [6.45, 7) is 6.10. The number of ketones is 1. The standard InChI is InChI=1S/C16H22BrNO3/c1-5-21-15(20)16(2,3)14(19)11-18(4)10-12-6-8-13(17)9-7-12/h6-9H,5,10-11H2,1-4H3. The molecule has 0 atom stereocenters. The van der Waals surface area contributed by atoms with Crippen LogP contribution in [0.4, 0.5) is 0 Å². The fraction of sp³-hybridized carbons (Fsp3) is 0.500. The van der Waals surface area contributed by atoms with Crippen molar-refractivity contribution in [3.8, 4) is 0 Å². The summed E-state index contributed by atoms with van der Waals surface area (Å²) in [6.07, 6.45) is 0.